The summed E-state index contributed by atoms with van der Waals surface area (Å²) in [5, 5.41) is 14.6. The second kappa shape index (κ2) is 10.1. The maximum Gasteiger partial charge on any atom is 0.407 e. The Morgan fingerprint density at radius 1 is 1.06 bits per heavy atom. The molecule has 1 aliphatic heterocycles. The molecule has 3 N–H and O–H groups in total. The molecule has 3 atom stereocenters. The van der Waals surface area contributed by atoms with Crippen LogP contribution in [0.5, 0.6) is 0 Å². The van der Waals surface area contributed by atoms with E-state index in [2.05, 4.69) is 22.8 Å². The van der Waals surface area contributed by atoms with Crippen LogP contribution in [-0.4, -0.2) is 55.0 Å². The van der Waals surface area contributed by atoms with Gasteiger partial charge in [-0.1, -0.05) is 69.3 Å². The Balaban J connectivity index is 1.35. The van der Waals surface area contributed by atoms with Crippen molar-refractivity contribution in [3.05, 3.63) is 59.7 Å². The number of carboxylic acids is 1. The van der Waals surface area contributed by atoms with Crippen molar-refractivity contribution in [2.45, 2.75) is 45.3 Å². The molecule has 0 radical (unpaired) electrons. The molecule has 0 bridgehead atoms. The normalized spacial score (nSPS) is 20.0. The molecular formula is C27H32N2O6. The van der Waals surface area contributed by atoms with Gasteiger partial charge in [-0.05, 0) is 34.1 Å². The van der Waals surface area contributed by atoms with E-state index in [1.54, 1.807) is 0 Å². The van der Waals surface area contributed by atoms with Gasteiger partial charge in [0.15, 0.2) is 0 Å². The molecule has 2 aromatic rings. The number of rotatable bonds is 7. The van der Waals surface area contributed by atoms with E-state index in [1.165, 1.54) is 0 Å². The molecule has 1 heterocycles. The summed E-state index contributed by atoms with van der Waals surface area (Å²) in [6, 6.07) is 15.3. The molecule has 2 aliphatic rings. The maximum atomic E-state index is 12.9. The predicted octanol–water partition coefficient (Wildman–Crippen LogP) is 3.55. The zero-order chi connectivity index (χ0) is 25.2. The predicted molar refractivity (Wildman–Crippen MR) is 130 cm³/mol. The molecule has 0 unspecified atom stereocenters. The number of aliphatic carboxylic acids is 1. The number of ether oxygens (including phenoxy) is 2. The van der Waals surface area contributed by atoms with Crippen LogP contribution in [0.2, 0.25) is 0 Å². The Hall–Kier alpha value is -3.39. The van der Waals surface area contributed by atoms with Gasteiger partial charge in [0.05, 0.1) is 18.6 Å². The molecule has 0 saturated carbocycles. The van der Waals surface area contributed by atoms with Gasteiger partial charge in [-0.2, -0.15) is 0 Å². The van der Waals surface area contributed by atoms with Crippen molar-refractivity contribution in [3.8, 4) is 11.1 Å². The van der Waals surface area contributed by atoms with E-state index >= 15 is 0 Å². The average Bonchev–Trinajstić information content (AvgIpc) is 3.42. The van der Waals surface area contributed by atoms with Gasteiger partial charge in [0.25, 0.3) is 0 Å². The third-order valence-electron chi connectivity index (χ3n) is 6.67. The van der Waals surface area contributed by atoms with E-state index in [0.717, 1.165) is 22.3 Å². The van der Waals surface area contributed by atoms with Crippen molar-refractivity contribution in [1.29, 1.82) is 0 Å². The van der Waals surface area contributed by atoms with Crippen molar-refractivity contribution in [1.82, 2.24) is 10.6 Å². The van der Waals surface area contributed by atoms with Crippen LogP contribution < -0.4 is 10.6 Å². The lowest BCUT2D eigenvalue weighted by Crippen LogP contribution is -2.54. The van der Waals surface area contributed by atoms with E-state index in [4.69, 9.17) is 14.6 Å². The summed E-state index contributed by atoms with van der Waals surface area (Å²) in [6.07, 6.45) is -0.685. The Morgan fingerprint density at radius 3 is 2.20 bits per heavy atom. The zero-order valence-corrected chi connectivity index (χ0v) is 20.2. The molecule has 35 heavy (non-hydrogen) atoms. The molecule has 2 amide bonds. The van der Waals surface area contributed by atoms with Crippen molar-refractivity contribution in [3.63, 3.8) is 0 Å². The van der Waals surface area contributed by atoms with Gasteiger partial charge in [0, 0.05) is 12.5 Å². The quantitative estimate of drug-likeness (QED) is 0.559. The molecule has 186 valence electrons. The van der Waals surface area contributed by atoms with Crippen molar-refractivity contribution >= 4 is 18.0 Å². The number of carboxylic acid groups (broad SMARTS) is 1. The highest BCUT2D eigenvalue weighted by Crippen LogP contribution is 2.44. The maximum absolute atomic E-state index is 12.9. The highest BCUT2D eigenvalue weighted by Gasteiger charge is 2.36. The zero-order valence-electron chi connectivity index (χ0n) is 20.2. The summed E-state index contributed by atoms with van der Waals surface area (Å²) < 4.78 is 11.1. The van der Waals surface area contributed by atoms with Gasteiger partial charge in [0.2, 0.25) is 5.91 Å². The van der Waals surface area contributed by atoms with Crippen LogP contribution in [0.1, 0.15) is 44.2 Å². The summed E-state index contributed by atoms with van der Waals surface area (Å²) in [6.45, 7) is 6.04. The molecule has 8 nitrogen and oxygen atoms in total. The number of benzene rings is 2. The van der Waals surface area contributed by atoms with E-state index in [0.29, 0.717) is 6.42 Å². The third-order valence-corrected chi connectivity index (χ3v) is 6.67. The average molecular weight is 481 g/mol. The molecular weight excluding hydrogens is 448 g/mol. The molecule has 4 rings (SSSR count). The molecule has 0 spiro atoms. The first-order valence-electron chi connectivity index (χ1n) is 11.9. The highest BCUT2D eigenvalue weighted by atomic mass is 16.5. The number of nitrogens with one attached hydrogen (secondary N) is 2. The smallest absolute Gasteiger partial charge is 0.407 e. The second-order valence-electron chi connectivity index (χ2n) is 10.2. The number of hydrogen-bond acceptors (Lipinski definition) is 5. The topological polar surface area (TPSA) is 114 Å². The standard InChI is InChI=1S/C27H32N2O6/c1-27(2,3)23(24(30)28-13-17-12-16(14-34-17)25(31)32)29-26(33)35-15-22-20-10-6-4-8-18(20)19-9-5-7-11-21(19)22/h4-11,16-17,22-23H,12-15H2,1-3H3,(H,28,30)(H,29,33)(H,31,32)/t16-,17-,23+/m1/s1. The monoisotopic (exact) mass is 480 g/mol. The minimum absolute atomic E-state index is 0.0724. The minimum atomic E-state index is -0.900. The molecule has 2 aromatic carbocycles. The summed E-state index contributed by atoms with van der Waals surface area (Å²) in [7, 11) is 0. The lowest BCUT2D eigenvalue weighted by Gasteiger charge is -2.30. The van der Waals surface area contributed by atoms with E-state index in [9.17, 15) is 14.4 Å². The van der Waals surface area contributed by atoms with Crippen LogP contribution in [0, 0.1) is 11.3 Å². The number of amides is 2. The molecule has 8 heteroatoms. The summed E-state index contributed by atoms with van der Waals surface area (Å²) in [5.74, 6) is -1.90. The number of alkyl carbamates (subject to hydrolysis) is 1. The van der Waals surface area contributed by atoms with E-state index < -0.39 is 29.4 Å². The third kappa shape index (κ3) is 5.48. The lowest BCUT2D eigenvalue weighted by atomic mass is 9.86. The van der Waals surface area contributed by atoms with Crippen LogP contribution >= 0.6 is 0 Å². The fourth-order valence-corrected chi connectivity index (χ4v) is 4.77. The fraction of sp³-hybridized carbons (Fsp3) is 0.444. The Kier molecular flexibility index (Phi) is 7.12. The van der Waals surface area contributed by atoms with Crippen LogP contribution in [0.3, 0.4) is 0 Å². The van der Waals surface area contributed by atoms with Gasteiger partial charge < -0.3 is 25.2 Å². The molecule has 1 fully saturated rings. The Morgan fingerprint density at radius 2 is 1.66 bits per heavy atom. The summed E-state index contributed by atoms with van der Waals surface area (Å²) >= 11 is 0. The Bertz CT molecular complexity index is 1060. The van der Waals surface area contributed by atoms with Crippen LogP contribution in [0.25, 0.3) is 11.1 Å². The van der Waals surface area contributed by atoms with Crippen LogP contribution in [-0.2, 0) is 19.1 Å². The second-order valence-corrected chi connectivity index (χ2v) is 10.2. The first kappa shape index (κ1) is 24.7. The minimum Gasteiger partial charge on any atom is -0.481 e. The number of carbonyl (C=O) groups is 3. The number of carbonyl (C=O) groups excluding carboxylic acids is 2. The van der Waals surface area contributed by atoms with Gasteiger partial charge in [-0.25, -0.2) is 4.79 Å². The lowest BCUT2D eigenvalue weighted by molar-refractivity contribution is -0.141. The van der Waals surface area contributed by atoms with Gasteiger partial charge in [0.1, 0.15) is 12.6 Å². The van der Waals surface area contributed by atoms with Crippen molar-refractivity contribution in [2.75, 3.05) is 19.8 Å². The highest BCUT2D eigenvalue weighted by molar-refractivity contribution is 5.86. The van der Waals surface area contributed by atoms with E-state index in [-0.39, 0.29) is 37.7 Å². The molecule has 0 aromatic heterocycles. The van der Waals surface area contributed by atoms with Gasteiger partial charge in [-0.15, -0.1) is 0 Å². The fourth-order valence-electron chi connectivity index (χ4n) is 4.77. The largest absolute Gasteiger partial charge is 0.481 e. The molecule has 1 aliphatic carbocycles. The number of fused-ring (bicyclic) bond motifs is 3. The van der Waals surface area contributed by atoms with Crippen molar-refractivity contribution < 1.29 is 29.0 Å². The van der Waals surface area contributed by atoms with Gasteiger partial charge in [-0.3, -0.25) is 9.59 Å². The van der Waals surface area contributed by atoms with Crippen LogP contribution in [0.4, 0.5) is 4.79 Å². The summed E-state index contributed by atoms with van der Waals surface area (Å²) in [5.41, 5.74) is 3.94. The van der Waals surface area contributed by atoms with Crippen LogP contribution in [0.15, 0.2) is 48.5 Å². The van der Waals surface area contributed by atoms with Gasteiger partial charge >= 0.3 is 12.1 Å². The molecule has 1 saturated heterocycles. The first-order valence-corrected chi connectivity index (χ1v) is 11.9. The Labute approximate surface area is 205 Å². The van der Waals surface area contributed by atoms with E-state index in [1.807, 2.05) is 57.2 Å². The summed E-state index contributed by atoms with van der Waals surface area (Å²) in [4.78, 5) is 36.8. The SMILES string of the molecule is CC(C)(C)[C@@H](NC(=O)OCC1c2ccccc2-c2ccccc21)C(=O)NC[C@H]1C[C@@H](C(=O)O)CO1. The number of hydrogen-bond donors (Lipinski definition) is 3. The first-order chi connectivity index (χ1) is 16.6. The van der Waals surface area contributed by atoms with Crippen molar-refractivity contribution in [2.24, 2.45) is 11.3 Å².